The Labute approximate surface area is 113 Å². The topological polar surface area (TPSA) is 84.4 Å². The molecular weight excluding hydrogens is 248 g/mol. The first-order valence-electron chi connectivity index (χ1n) is 6.59. The average Bonchev–Trinajstić information content (AvgIpc) is 2.74. The first-order chi connectivity index (χ1) is 9.10. The van der Waals surface area contributed by atoms with E-state index in [-0.39, 0.29) is 12.4 Å². The number of unbranched alkanes of at least 4 members (excludes halogenated alkanes) is 1. The molecule has 1 rings (SSSR count). The maximum atomic E-state index is 10.9. The van der Waals surface area contributed by atoms with Crippen LogP contribution in [0.5, 0.6) is 0 Å². The zero-order valence-corrected chi connectivity index (χ0v) is 11.6. The van der Waals surface area contributed by atoms with Crippen molar-refractivity contribution in [1.29, 1.82) is 0 Å². The van der Waals surface area contributed by atoms with Crippen molar-refractivity contribution in [2.45, 2.75) is 33.2 Å². The third kappa shape index (κ3) is 4.60. The summed E-state index contributed by atoms with van der Waals surface area (Å²) in [5.74, 6) is 0.670. The Bertz CT molecular complexity index is 406. The van der Waals surface area contributed by atoms with Gasteiger partial charge in [-0.25, -0.2) is 9.55 Å². The number of nitrogens with zero attached hydrogens (tertiary/aromatic N) is 4. The van der Waals surface area contributed by atoms with E-state index in [1.165, 1.54) is 6.20 Å². The van der Waals surface area contributed by atoms with Crippen molar-refractivity contribution in [3.63, 3.8) is 0 Å². The molecule has 108 valence electrons. The molecule has 19 heavy (non-hydrogen) atoms. The Morgan fingerprint density at radius 1 is 1.47 bits per heavy atom. The first-order valence-corrected chi connectivity index (χ1v) is 6.59. The maximum Gasteiger partial charge on any atom is 0.342 e. The van der Waals surface area contributed by atoms with Crippen LogP contribution in [0.25, 0.3) is 0 Å². The fourth-order valence-electron chi connectivity index (χ4n) is 1.98. The van der Waals surface area contributed by atoms with Crippen LogP contribution < -0.4 is 0 Å². The van der Waals surface area contributed by atoms with Gasteiger partial charge in [0.05, 0.1) is 6.61 Å². The molecule has 7 heteroatoms. The highest BCUT2D eigenvalue weighted by Crippen LogP contribution is 2.13. The number of nitro groups is 1. The van der Waals surface area contributed by atoms with E-state index in [9.17, 15) is 10.1 Å². The molecule has 0 aliphatic carbocycles. The van der Waals surface area contributed by atoms with Gasteiger partial charge in [0.15, 0.2) is 5.82 Å². The minimum Gasteiger partial charge on any atom is -0.395 e. The van der Waals surface area contributed by atoms with Crippen LogP contribution in [0.4, 0.5) is 5.82 Å². The second kappa shape index (κ2) is 7.85. The van der Waals surface area contributed by atoms with E-state index in [0.717, 1.165) is 19.4 Å². The van der Waals surface area contributed by atoms with Gasteiger partial charge in [0.2, 0.25) is 0 Å². The van der Waals surface area contributed by atoms with Crippen molar-refractivity contribution in [3.8, 4) is 0 Å². The van der Waals surface area contributed by atoms with Gasteiger partial charge >= 0.3 is 5.82 Å². The van der Waals surface area contributed by atoms with E-state index >= 15 is 0 Å². The molecule has 0 unspecified atom stereocenters. The average molecular weight is 270 g/mol. The van der Waals surface area contributed by atoms with Crippen molar-refractivity contribution in [1.82, 2.24) is 14.5 Å². The molecule has 0 fully saturated rings. The summed E-state index contributed by atoms with van der Waals surface area (Å²) >= 11 is 0. The van der Waals surface area contributed by atoms with Gasteiger partial charge in [-0.3, -0.25) is 4.90 Å². The van der Waals surface area contributed by atoms with Gasteiger partial charge in [-0.2, -0.15) is 0 Å². The number of aliphatic hydroxyl groups excluding tert-OH is 1. The van der Waals surface area contributed by atoms with Crippen molar-refractivity contribution < 1.29 is 10.0 Å². The molecule has 0 saturated carbocycles. The highest BCUT2D eigenvalue weighted by atomic mass is 16.6. The molecule has 0 radical (unpaired) electrons. The fraction of sp³-hybridized carbons (Fsp3) is 0.750. The lowest BCUT2D eigenvalue weighted by Gasteiger charge is -2.20. The van der Waals surface area contributed by atoms with Gasteiger partial charge in [0.1, 0.15) is 12.7 Å². The minimum absolute atomic E-state index is 0.0249. The van der Waals surface area contributed by atoms with E-state index in [1.807, 2.05) is 0 Å². The summed E-state index contributed by atoms with van der Waals surface area (Å²) < 4.78 is 1.61. The molecule has 7 nitrogen and oxygen atoms in total. The summed E-state index contributed by atoms with van der Waals surface area (Å²) in [5.41, 5.74) is 0. The monoisotopic (exact) mass is 270 g/mol. The van der Waals surface area contributed by atoms with E-state index in [4.69, 9.17) is 5.11 Å². The Hall–Kier alpha value is -1.47. The number of aromatic nitrogens is 2. The van der Waals surface area contributed by atoms with Crippen LogP contribution in [0.15, 0.2) is 6.20 Å². The molecule has 1 N–H and O–H groups in total. The summed E-state index contributed by atoms with van der Waals surface area (Å²) in [6, 6.07) is 0. The number of imidazole rings is 1. The molecule has 0 amide bonds. The molecule has 0 spiro atoms. The van der Waals surface area contributed by atoms with Gasteiger partial charge in [-0.15, -0.1) is 0 Å². The molecule has 0 aliphatic heterocycles. The first kappa shape index (κ1) is 15.6. The molecular formula is C12H22N4O3. The molecule has 1 aromatic rings. The highest BCUT2D eigenvalue weighted by molar-refractivity contribution is 5.18. The largest absolute Gasteiger partial charge is 0.395 e. The zero-order chi connectivity index (χ0) is 14.3. The molecule has 0 aliphatic rings. The predicted molar refractivity (Wildman–Crippen MR) is 72.1 cm³/mol. The normalized spacial score (nSPS) is 11.2. The Kier molecular flexibility index (Phi) is 6.44. The van der Waals surface area contributed by atoms with Crippen LogP contribution in [-0.4, -0.2) is 50.7 Å². The van der Waals surface area contributed by atoms with E-state index in [1.54, 1.807) is 11.5 Å². The third-order valence-electron chi connectivity index (χ3n) is 3.11. The summed E-state index contributed by atoms with van der Waals surface area (Å²) in [5, 5.41) is 19.9. The molecule has 1 aromatic heterocycles. The van der Waals surface area contributed by atoms with Crippen LogP contribution >= 0.6 is 0 Å². The van der Waals surface area contributed by atoms with Crippen LogP contribution in [-0.2, 0) is 6.54 Å². The fourth-order valence-corrected chi connectivity index (χ4v) is 1.98. The van der Waals surface area contributed by atoms with Gasteiger partial charge in [0, 0.05) is 20.0 Å². The standard InChI is InChI=1S/C12H22N4O3/c1-3-4-5-14(8-9-17)6-7-15-11(2)13-10-12(15)16(18)19/h10,17H,3-9H2,1-2H3. The molecule has 0 bridgehead atoms. The molecule has 1 heterocycles. The van der Waals surface area contributed by atoms with Crippen LogP contribution in [0.2, 0.25) is 0 Å². The van der Waals surface area contributed by atoms with Crippen molar-refractivity contribution in [2.24, 2.45) is 0 Å². The van der Waals surface area contributed by atoms with E-state index in [2.05, 4.69) is 16.8 Å². The SMILES string of the molecule is CCCCN(CCO)CCn1c([N+](=O)[O-])cnc1C. The molecule has 0 atom stereocenters. The highest BCUT2D eigenvalue weighted by Gasteiger charge is 2.17. The third-order valence-corrected chi connectivity index (χ3v) is 3.11. The quantitative estimate of drug-likeness (QED) is 0.538. The van der Waals surface area contributed by atoms with Crippen LogP contribution in [0, 0.1) is 17.0 Å². The van der Waals surface area contributed by atoms with Gasteiger partial charge < -0.3 is 15.2 Å². The number of aliphatic hydroxyl groups is 1. The lowest BCUT2D eigenvalue weighted by atomic mass is 10.3. The van der Waals surface area contributed by atoms with Crippen molar-refractivity contribution in [3.05, 3.63) is 22.1 Å². The predicted octanol–water partition coefficient (Wildman–Crippen LogP) is 1.19. The van der Waals surface area contributed by atoms with Crippen LogP contribution in [0.1, 0.15) is 25.6 Å². The van der Waals surface area contributed by atoms with Crippen molar-refractivity contribution >= 4 is 5.82 Å². The number of rotatable bonds is 9. The lowest BCUT2D eigenvalue weighted by Crippen LogP contribution is -2.31. The summed E-state index contributed by atoms with van der Waals surface area (Å²) in [7, 11) is 0. The Morgan fingerprint density at radius 2 is 2.21 bits per heavy atom. The molecule has 0 aromatic carbocycles. The maximum absolute atomic E-state index is 10.9. The summed E-state index contributed by atoms with van der Waals surface area (Å²) in [6.45, 7) is 6.68. The van der Waals surface area contributed by atoms with Gasteiger partial charge in [0.25, 0.3) is 0 Å². The molecule has 0 saturated heterocycles. The van der Waals surface area contributed by atoms with Crippen molar-refractivity contribution in [2.75, 3.05) is 26.2 Å². The Balaban J connectivity index is 2.62. The number of aryl methyl sites for hydroxylation is 1. The second-order valence-corrected chi connectivity index (χ2v) is 4.49. The number of hydrogen-bond donors (Lipinski definition) is 1. The Morgan fingerprint density at radius 3 is 2.79 bits per heavy atom. The van der Waals surface area contributed by atoms with Crippen LogP contribution in [0.3, 0.4) is 0 Å². The van der Waals surface area contributed by atoms with Gasteiger partial charge in [-0.1, -0.05) is 13.3 Å². The van der Waals surface area contributed by atoms with E-state index < -0.39 is 4.92 Å². The summed E-state index contributed by atoms with van der Waals surface area (Å²) in [4.78, 5) is 16.5. The number of hydrogen-bond acceptors (Lipinski definition) is 5. The second-order valence-electron chi connectivity index (χ2n) is 4.49. The van der Waals surface area contributed by atoms with Gasteiger partial charge in [-0.05, 0) is 17.9 Å². The lowest BCUT2D eigenvalue weighted by molar-refractivity contribution is -0.392. The van der Waals surface area contributed by atoms with E-state index in [0.29, 0.717) is 25.5 Å². The zero-order valence-electron chi connectivity index (χ0n) is 11.6. The summed E-state index contributed by atoms with van der Waals surface area (Å²) in [6.07, 6.45) is 3.44. The smallest absolute Gasteiger partial charge is 0.342 e. The minimum atomic E-state index is -0.414.